The van der Waals surface area contributed by atoms with Crippen LogP contribution in [0.3, 0.4) is 0 Å². The number of carbonyl (C=O) groups is 3. The maximum Gasteiger partial charge on any atom is 0.411 e. The van der Waals surface area contributed by atoms with E-state index >= 15 is 0 Å². The number of esters is 1. The Morgan fingerprint density at radius 3 is 2.62 bits per heavy atom. The van der Waals surface area contributed by atoms with E-state index < -0.39 is 17.8 Å². The lowest BCUT2D eigenvalue weighted by molar-refractivity contribution is -0.144. The minimum absolute atomic E-state index is 0.198. The van der Waals surface area contributed by atoms with E-state index in [1.165, 1.54) is 6.92 Å². The Bertz CT molecular complexity index is 512. The molecule has 0 saturated carbocycles. The average molecular weight is 296 g/mol. The molecule has 3 aliphatic heterocycles. The Morgan fingerprint density at radius 1 is 1.38 bits per heavy atom. The van der Waals surface area contributed by atoms with Crippen LogP contribution in [0.15, 0.2) is 0 Å². The molecule has 3 fully saturated rings. The van der Waals surface area contributed by atoms with Gasteiger partial charge in [-0.25, -0.2) is 4.79 Å². The summed E-state index contributed by atoms with van der Waals surface area (Å²) in [6.07, 6.45) is -0.390. The first-order chi connectivity index (χ1) is 9.69. The Labute approximate surface area is 122 Å². The SMILES string of the molecule is CC(=O)N[C@H]1[C@H]2OC(=O)[C@H]3C[C@@H]1N(C(=O)OC(C)(C)C)[C@@H]23. The van der Waals surface area contributed by atoms with Crippen molar-refractivity contribution in [1.82, 2.24) is 10.2 Å². The van der Waals surface area contributed by atoms with Crippen molar-refractivity contribution in [2.24, 2.45) is 5.92 Å². The number of ether oxygens (including phenoxy) is 2. The molecular formula is C14H20N2O5. The summed E-state index contributed by atoms with van der Waals surface area (Å²) in [4.78, 5) is 37.2. The predicted molar refractivity (Wildman–Crippen MR) is 71.2 cm³/mol. The van der Waals surface area contributed by atoms with Crippen molar-refractivity contribution in [2.45, 2.75) is 63.9 Å². The molecule has 2 bridgehead atoms. The van der Waals surface area contributed by atoms with E-state index in [2.05, 4.69) is 5.32 Å². The minimum Gasteiger partial charge on any atom is -0.458 e. The van der Waals surface area contributed by atoms with Gasteiger partial charge in [-0.3, -0.25) is 14.5 Å². The Balaban J connectivity index is 1.85. The second-order valence-electron chi connectivity index (χ2n) is 6.92. The molecule has 0 aromatic heterocycles. The van der Waals surface area contributed by atoms with Crippen LogP contribution in [-0.2, 0) is 19.1 Å². The van der Waals surface area contributed by atoms with Crippen LogP contribution in [0.5, 0.6) is 0 Å². The maximum atomic E-state index is 12.4. The number of carbonyl (C=O) groups excluding carboxylic acids is 3. The van der Waals surface area contributed by atoms with Crippen molar-refractivity contribution in [2.75, 3.05) is 0 Å². The molecule has 2 amide bonds. The largest absolute Gasteiger partial charge is 0.458 e. The molecule has 7 nitrogen and oxygen atoms in total. The van der Waals surface area contributed by atoms with E-state index in [4.69, 9.17) is 9.47 Å². The molecule has 0 aromatic carbocycles. The molecule has 3 rings (SSSR count). The van der Waals surface area contributed by atoms with E-state index in [9.17, 15) is 14.4 Å². The molecule has 3 heterocycles. The van der Waals surface area contributed by atoms with Gasteiger partial charge in [0.1, 0.15) is 11.7 Å². The molecule has 116 valence electrons. The summed E-state index contributed by atoms with van der Waals surface area (Å²) in [7, 11) is 0. The number of nitrogens with zero attached hydrogens (tertiary/aromatic N) is 1. The summed E-state index contributed by atoms with van der Waals surface area (Å²) in [6, 6.07) is -0.910. The summed E-state index contributed by atoms with van der Waals surface area (Å²) in [5, 5.41) is 2.80. The first kappa shape index (κ1) is 14.2. The number of nitrogens with one attached hydrogen (secondary N) is 1. The van der Waals surface area contributed by atoms with Crippen molar-refractivity contribution in [3.05, 3.63) is 0 Å². The fourth-order valence-electron chi connectivity index (χ4n) is 3.65. The number of rotatable bonds is 1. The van der Waals surface area contributed by atoms with Gasteiger partial charge < -0.3 is 14.8 Å². The van der Waals surface area contributed by atoms with Gasteiger partial charge in [0.2, 0.25) is 5.91 Å². The average Bonchev–Trinajstić information content (AvgIpc) is 2.87. The lowest BCUT2D eigenvalue weighted by Gasteiger charge is -2.27. The summed E-state index contributed by atoms with van der Waals surface area (Å²) in [5.74, 6) is -0.775. The summed E-state index contributed by atoms with van der Waals surface area (Å²) < 4.78 is 10.8. The van der Waals surface area contributed by atoms with Crippen LogP contribution in [0, 0.1) is 5.92 Å². The molecule has 1 N–H and O–H groups in total. The normalized spacial score (nSPS) is 36.7. The summed E-state index contributed by atoms with van der Waals surface area (Å²) >= 11 is 0. The van der Waals surface area contributed by atoms with Crippen molar-refractivity contribution >= 4 is 18.0 Å². The van der Waals surface area contributed by atoms with Gasteiger partial charge in [0.15, 0.2) is 0 Å². The van der Waals surface area contributed by atoms with Gasteiger partial charge in [-0.2, -0.15) is 0 Å². The zero-order valence-electron chi connectivity index (χ0n) is 12.6. The van der Waals surface area contributed by atoms with Crippen LogP contribution < -0.4 is 5.32 Å². The molecule has 0 radical (unpaired) electrons. The molecule has 7 heteroatoms. The highest BCUT2D eigenvalue weighted by molar-refractivity contribution is 5.82. The third-order valence-electron chi connectivity index (χ3n) is 4.22. The fourth-order valence-corrected chi connectivity index (χ4v) is 3.65. The lowest BCUT2D eigenvalue weighted by atomic mass is 9.86. The summed E-state index contributed by atoms with van der Waals surface area (Å²) in [6.45, 7) is 6.80. The zero-order valence-corrected chi connectivity index (χ0v) is 12.6. The van der Waals surface area contributed by atoms with Gasteiger partial charge >= 0.3 is 12.1 Å². The van der Waals surface area contributed by atoms with Gasteiger partial charge in [0.25, 0.3) is 0 Å². The highest BCUT2D eigenvalue weighted by atomic mass is 16.6. The van der Waals surface area contributed by atoms with Gasteiger partial charge in [-0.15, -0.1) is 0 Å². The van der Waals surface area contributed by atoms with Gasteiger partial charge in [-0.05, 0) is 27.2 Å². The third kappa shape index (κ3) is 2.15. The van der Waals surface area contributed by atoms with Crippen molar-refractivity contribution in [1.29, 1.82) is 0 Å². The number of amides is 2. The zero-order chi connectivity index (χ0) is 15.5. The third-order valence-corrected chi connectivity index (χ3v) is 4.22. The van der Waals surface area contributed by atoms with Crippen LogP contribution in [0.1, 0.15) is 34.1 Å². The van der Waals surface area contributed by atoms with Gasteiger partial charge in [0, 0.05) is 6.92 Å². The first-order valence-corrected chi connectivity index (χ1v) is 7.18. The molecule has 0 unspecified atom stereocenters. The molecule has 3 aliphatic rings. The van der Waals surface area contributed by atoms with E-state index in [1.807, 2.05) is 0 Å². The molecule has 0 spiro atoms. The Kier molecular flexibility index (Phi) is 2.93. The molecule has 3 saturated heterocycles. The molecule has 0 aliphatic carbocycles. The Hall–Kier alpha value is -1.79. The molecule has 21 heavy (non-hydrogen) atoms. The maximum absolute atomic E-state index is 12.4. The lowest BCUT2D eigenvalue weighted by Crippen LogP contribution is -2.49. The highest BCUT2D eigenvalue weighted by Crippen LogP contribution is 2.48. The van der Waals surface area contributed by atoms with Crippen molar-refractivity contribution in [3.63, 3.8) is 0 Å². The fraction of sp³-hybridized carbons (Fsp3) is 0.786. The highest BCUT2D eigenvalue weighted by Gasteiger charge is 2.68. The smallest absolute Gasteiger partial charge is 0.411 e. The van der Waals surface area contributed by atoms with E-state index in [0.717, 1.165) is 0 Å². The quantitative estimate of drug-likeness (QED) is 0.709. The topological polar surface area (TPSA) is 84.9 Å². The molecule has 5 atom stereocenters. The van der Waals surface area contributed by atoms with Crippen LogP contribution in [0.25, 0.3) is 0 Å². The van der Waals surface area contributed by atoms with Gasteiger partial charge in [0.05, 0.1) is 24.0 Å². The van der Waals surface area contributed by atoms with E-state index in [-0.39, 0.29) is 35.9 Å². The Morgan fingerprint density at radius 2 is 2.05 bits per heavy atom. The van der Waals surface area contributed by atoms with Crippen LogP contribution >= 0.6 is 0 Å². The monoisotopic (exact) mass is 296 g/mol. The summed E-state index contributed by atoms with van der Waals surface area (Å²) in [5.41, 5.74) is -0.605. The van der Waals surface area contributed by atoms with Crippen LogP contribution in [0.2, 0.25) is 0 Å². The standard InChI is InChI=1S/C14H20N2O5/c1-6(17)15-9-8-5-7-10(11(9)20-12(7)18)16(8)13(19)21-14(2,3)4/h7-11H,5H2,1-4H3,(H,15,17)/t7-,8-,9+,10+,11+/m0/s1. The van der Waals surface area contributed by atoms with Crippen LogP contribution in [-0.4, -0.2) is 52.7 Å². The number of fused-ring (bicyclic) bond motifs is 1. The number of hydrogen-bond donors (Lipinski definition) is 1. The predicted octanol–water partition coefficient (Wildman–Crippen LogP) is 0.424. The molecular weight excluding hydrogens is 276 g/mol. The van der Waals surface area contributed by atoms with Crippen LogP contribution in [0.4, 0.5) is 4.79 Å². The minimum atomic E-state index is -0.605. The van der Waals surface area contributed by atoms with Crippen molar-refractivity contribution < 1.29 is 23.9 Å². The van der Waals surface area contributed by atoms with Crippen molar-refractivity contribution in [3.8, 4) is 0 Å². The van der Waals surface area contributed by atoms with E-state index in [0.29, 0.717) is 6.42 Å². The van der Waals surface area contributed by atoms with E-state index in [1.54, 1.807) is 25.7 Å². The first-order valence-electron chi connectivity index (χ1n) is 7.18. The second kappa shape index (κ2) is 4.35. The number of hydrogen-bond acceptors (Lipinski definition) is 5. The van der Waals surface area contributed by atoms with Gasteiger partial charge in [-0.1, -0.05) is 0 Å². The second-order valence-corrected chi connectivity index (χ2v) is 6.92. The molecule has 0 aromatic rings.